The lowest BCUT2D eigenvalue weighted by Gasteiger charge is -2.46. The van der Waals surface area contributed by atoms with Crippen molar-refractivity contribution in [2.75, 3.05) is 25.5 Å². The number of amides is 1. The van der Waals surface area contributed by atoms with E-state index in [1.165, 1.54) is 0 Å². The number of aromatic hydroxyl groups is 1. The van der Waals surface area contributed by atoms with E-state index in [9.17, 15) is 34.8 Å². The standard InChI is InChI=1S/C27H35N3O7/c1-5-12(2)10-29-11-14-8-17(30(3)4)16-7-13-6-15-9-18(31)21(26(28)36)25(35)27(15,37)24(34)19(13)23(33)20(16)22(14)32/h8,12-13,15,29,32-33,35,37H,5-7,9-11H2,1-4H3,(H2,28,36)/t12?,13-,15+,27+/m1/s1. The molecule has 0 heterocycles. The molecule has 0 aromatic heterocycles. The molecule has 10 nitrogen and oxygen atoms in total. The number of aliphatic hydroxyl groups excluding tert-OH is 2. The number of Topliss-reactive ketones (excluding diaryl/α,β-unsaturated/α-hetero) is 2. The molecular formula is C27H35N3O7. The summed E-state index contributed by atoms with van der Waals surface area (Å²) < 4.78 is 0. The van der Waals surface area contributed by atoms with Gasteiger partial charge in [0.1, 0.15) is 22.8 Å². The second-order valence-electron chi connectivity index (χ2n) is 10.7. The van der Waals surface area contributed by atoms with Crippen molar-refractivity contribution in [1.82, 2.24) is 5.32 Å². The molecule has 1 fully saturated rings. The number of hydrogen-bond acceptors (Lipinski definition) is 9. The number of phenols is 1. The molecule has 4 rings (SSSR count). The van der Waals surface area contributed by atoms with Crippen LogP contribution in [0.5, 0.6) is 5.75 Å². The second-order valence-corrected chi connectivity index (χ2v) is 10.7. The third-order valence-corrected chi connectivity index (χ3v) is 8.11. The fourth-order valence-electron chi connectivity index (χ4n) is 5.85. The van der Waals surface area contributed by atoms with Gasteiger partial charge in [0.2, 0.25) is 5.78 Å². The van der Waals surface area contributed by atoms with Gasteiger partial charge in [0.15, 0.2) is 11.4 Å². The molecular weight excluding hydrogens is 478 g/mol. The van der Waals surface area contributed by atoms with E-state index in [0.29, 0.717) is 23.6 Å². The van der Waals surface area contributed by atoms with E-state index in [-0.39, 0.29) is 36.1 Å². The monoisotopic (exact) mass is 513 g/mol. The number of anilines is 1. The molecule has 200 valence electrons. The van der Waals surface area contributed by atoms with Crippen molar-refractivity contribution in [3.05, 3.63) is 39.7 Å². The molecule has 1 aromatic carbocycles. The average Bonchev–Trinajstić information content (AvgIpc) is 2.82. The number of aliphatic hydroxyl groups is 3. The summed E-state index contributed by atoms with van der Waals surface area (Å²) in [5.74, 6) is -5.79. The van der Waals surface area contributed by atoms with Crippen molar-refractivity contribution in [2.24, 2.45) is 23.5 Å². The molecule has 3 aliphatic carbocycles. The largest absolute Gasteiger partial charge is 0.508 e. The summed E-state index contributed by atoms with van der Waals surface area (Å²) in [4.78, 5) is 39.8. The summed E-state index contributed by atoms with van der Waals surface area (Å²) in [5, 5.41) is 48.0. The van der Waals surface area contributed by atoms with Gasteiger partial charge in [-0.2, -0.15) is 0 Å². The van der Waals surface area contributed by atoms with Gasteiger partial charge >= 0.3 is 0 Å². The quantitative estimate of drug-likeness (QED) is 0.296. The maximum absolute atomic E-state index is 13.7. The van der Waals surface area contributed by atoms with Crippen LogP contribution in [0.3, 0.4) is 0 Å². The Morgan fingerprint density at radius 2 is 1.92 bits per heavy atom. The van der Waals surface area contributed by atoms with Gasteiger partial charge in [-0.15, -0.1) is 0 Å². The molecule has 0 spiro atoms. The maximum Gasteiger partial charge on any atom is 0.255 e. The molecule has 1 unspecified atom stereocenters. The lowest BCUT2D eigenvalue weighted by atomic mass is 9.59. The summed E-state index contributed by atoms with van der Waals surface area (Å²) in [6, 6.07) is 1.86. The Labute approximate surface area is 215 Å². The minimum absolute atomic E-state index is 0.106. The van der Waals surface area contributed by atoms with Crippen molar-refractivity contribution in [3.8, 4) is 5.75 Å². The Kier molecular flexibility index (Phi) is 6.85. The van der Waals surface area contributed by atoms with Crippen LogP contribution in [0.1, 0.15) is 49.8 Å². The van der Waals surface area contributed by atoms with E-state index in [0.717, 1.165) is 18.7 Å². The van der Waals surface area contributed by atoms with E-state index in [1.54, 1.807) is 0 Å². The Morgan fingerprint density at radius 3 is 2.51 bits per heavy atom. The van der Waals surface area contributed by atoms with Crippen LogP contribution in [-0.4, -0.2) is 64.1 Å². The molecule has 0 bridgehead atoms. The molecule has 1 aromatic rings. The minimum atomic E-state index is -2.56. The van der Waals surface area contributed by atoms with Gasteiger partial charge in [-0.25, -0.2) is 0 Å². The Balaban J connectivity index is 1.85. The highest BCUT2D eigenvalue weighted by Crippen LogP contribution is 2.53. The molecule has 4 atom stereocenters. The predicted octanol–water partition coefficient (Wildman–Crippen LogP) is 1.63. The van der Waals surface area contributed by atoms with Crippen LogP contribution >= 0.6 is 0 Å². The number of primary amides is 1. The summed E-state index contributed by atoms with van der Waals surface area (Å²) in [6.45, 7) is 5.28. The smallest absolute Gasteiger partial charge is 0.255 e. The van der Waals surface area contributed by atoms with Gasteiger partial charge in [-0.1, -0.05) is 20.3 Å². The summed E-state index contributed by atoms with van der Waals surface area (Å²) >= 11 is 0. The summed E-state index contributed by atoms with van der Waals surface area (Å²) in [6.07, 6.45) is 1.04. The Bertz CT molecular complexity index is 1250. The maximum atomic E-state index is 13.7. The molecule has 1 saturated carbocycles. The lowest BCUT2D eigenvalue weighted by molar-refractivity contribution is -0.147. The van der Waals surface area contributed by atoms with Gasteiger partial charge < -0.3 is 36.4 Å². The van der Waals surface area contributed by atoms with Crippen molar-refractivity contribution in [2.45, 2.75) is 51.7 Å². The first-order chi connectivity index (χ1) is 17.3. The highest BCUT2D eigenvalue weighted by molar-refractivity contribution is 6.22. The van der Waals surface area contributed by atoms with Crippen LogP contribution in [0, 0.1) is 17.8 Å². The number of carbonyl (C=O) groups excluding carboxylic acids is 3. The summed E-state index contributed by atoms with van der Waals surface area (Å²) in [7, 11) is 3.69. The minimum Gasteiger partial charge on any atom is -0.508 e. The molecule has 7 N–H and O–H groups in total. The van der Waals surface area contributed by atoms with Gasteiger partial charge in [-0.3, -0.25) is 14.4 Å². The van der Waals surface area contributed by atoms with E-state index in [1.807, 2.05) is 25.1 Å². The molecule has 0 saturated heterocycles. The zero-order chi connectivity index (χ0) is 27.4. The number of carbonyl (C=O) groups is 3. The number of nitrogens with zero attached hydrogens (tertiary/aromatic N) is 1. The number of nitrogens with one attached hydrogen (secondary N) is 1. The predicted molar refractivity (Wildman–Crippen MR) is 137 cm³/mol. The van der Waals surface area contributed by atoms with Crippen LogP contribution in [-0.2, 0) is 27.3 Å². The first-order valence-corrected chi connectivity index (χ1v) is 12.6. The van der Waals surface area contributed by atoms with Crippen LogP contribution < -0.4 is 16.0 Å². The van der Waals surface area contributed by atoms with Crippen molar-refractivity contribution in [3.63, 3.8) is 0 Å². The first kappa shape index (κ1) is 26.7. The number of benzene rings is 1. The van der Waals surface area contributed by atoms with E-state index < -0.39 is 52.0 Å². The van der Waals surface area contributed by atoms with Gasteiger partial charge in [0, 0.05) is 49.8 Å². The first-order valence-electron chi connectivity index (χ1n) is 12.6. The zero-order valence-corrected chi connectivity index (χ0v) is 21.6. The average molecular weight is 514 g/mol. The summed E-state index contributed by atoms with van der Waals surface area (Å²) in [5.41, 5.74) is 3.81. The number of rotatable bonds is 7. The topological polar surface area (TPSA) is 173 Å². The number of hydrogen-bond donors (Lipinski definition) is 6. The molecule has 10 heteroatoms. The third-order valence-electron chi connectivity index (χ3n) is 8.11. The van der Waals surface area contributed by atoms with Crippen molar-refractivity contribution in [1.29, 1.82) is 0 Å². The molecule has 0 aliphatic heterocycles. The second kappa shape index (κ2) is 9.50. The molecule has 0 radical (unpaired) electrons. The third kappa shape index (κ3) is 4.08. The van der Waals surface area contributed by atoms with E-state index in [4.69, 9.17) is 5.73 Å². The van der Waals surface area contributed by atoms with Crippen LogP contribution in [0.2, 0.25) is 0 Å². The molecule has 1 amide bonds. The SMILES string of the molecule is CCC(C)CNCc1cc(N(C)C)c2c(c1O)C(O)=C1C(=O)[C@]3(O)C(O)=C(C(N)=O)C(=O)C[C@@H]3C[C@@H]1C2. The number of fused-ring (bicyclic) bond motifs is 3. The van der Waals surface area contributed by atoms with Crippen LogP contribution in [0.25, 0.3) is 5.76 Å². The normalized spacial score (nSPS) is 26.0. The van der Waals surface area contributed by atoms with Gasteiger partial charge in [0.25, 0.3) is 5.91 Å². The fourth-order valence-corrected chi connectivity index (χ4v) is 5.85. The fraction of sp³-hybridized carbons (Fsp3) is 0.519. The Hall–Kier alpha value is -3.37. The van der Waals surface area contributed by atoms with Crippen LogP contribution in [0.4, 0.5) is 5.69 Å². The van der Waals surface area contributed by atoms with Gasteiger partial charge in [0.05, 0.1) is 5.56 Å². The molecule has 3 aliphatic rings. The van der Waals surface area contributed by atoms with Gasteiger partial charge in [-0.05, 0) is 42.9 Å². The van der Waals surface area contributed by atoms with Crippen molar-refractivity contribution < 1.29 is 34.8 Å². The zero-order valence-electron chi connectivity index (χ0n) is 21.6. The number of ketones is 2. The van der Waals surface area contributed by atoms with Crippen molar-refractivity contribution >= 4 is 28.9 Å². The number of nitrogens with two attached hydrogens (primary N) is 1. The van der Waals surface area contributed by atoms with E-state index in [2.05, 4.69) is 19.2 Å². The number of phenolic OH excluding ortho intramolecular Hbond substituents is 1. The lowest BCUT2D eigenvalue weighted by Crippen LogP contribution is -2.58. The highest BCUT2D eigenvalue weighted by atomic mass is 16.3. The Morgan fingerprint density at radius 1 is 1.24 bits per heavy atom. The van der Waals surface area contributed by atoms with E-state index >= 15 is 0 Å². The highest BCUT2D eigenvalue weighted by Gasteiger charge is 2.60. The molecule has 37 heavy (non-hydrogen) atoms. The van der Waals surface area contributed by atoms with Crippen LogP contribution in [0.15, 0.2) is 23.0 Å².